The second kappa shape index (κ2) is 5.72. The first-order chi connectivity index (χ1) is 6.14. The van der Waals surface area contributed by atoms with E-state index in [2.05, 4.69) is 11.9 Å². The van der Waals surface area contributed by atoms with Gasteiger partial charge in [-0.1, -0.05) is 13.5 Å². The molecule has 0 bridgehead atoms. The molecular formula is C9H17NO3. The van der Waals surface area contributed by atoms with Gasteiger partial charge in [-0.25, -0.2) is 0 Å². The maximum atomic E-state index is 10.8. The van der Waals surface area contributed by atoms with Gasteiger partial charge in [0.25, 0.3) is 0 Å². The van der Waals surface area contributed by atoms with E-state index >= 15 is 0 Å². The maximum absolute atomic E-state index is 10.8. The van der Waals surface area contributed by atoms with Gasteiger partial charge >= 0.3 is 0 Å². The third-order valence-electron chi connectivity index (χ3n) is 2.24. The third kappa shape index (κ3) is 3.57. The molecule has 0 aromatic rings. The van der Waals surface area contributed by atoms with Gasteiger partial charge in [-0.2, -0.15) is 0 Å². The van der Waals surface area contributed by atoms with Crippen LogP contribution in [0.25, 0.3) is 0 Å². The van der Waals surface area contributed by atoms with E-state index in [1.807, 2.05) is 6.92 Å². The number of carbonyl (C=O) groups excluding carboxylic acids is 1. The summed E-state index contributed by atoms with van der Waals surface area (Å²) >= 11 is 0. The standard InChI is InChI=1S/C9H17NO3/c1-3-8(13)10-5-9(4-2,6-11)7-12/h3,11-12H,1,4-7H2,2H3,(H,10,13). The monoisotopic (exact) mass is 187 g/mol. The Bertz CT molecular complexity index is 167. The Morgan fingerprint density at radius 3 is 2.38 bits per heavy atom. The highest BCUT2D eigenvalue weighted by Gasteiger charge is 2.26. The number of amides is 1. The van der Waals surface area contributed by atoms with Crippen LogP contribution in [0.5, 0.6) is 0 Å². The lowest BCUT2D eigenvalue weighted by Crippen LogP contribution is -2.41. The number of aliphatic hydroxyl groups is 2. The summed E-state index contributed by atoms with van der Waals surface area (Å²) in [6.07, 6.45) is 1.77. The Morgan fingerprint density at radius 2 is 2.08 bits per heavy atom. The second-order valence-corrected chi connectivity index (χ2v) is 3.09. The van der Waals surface area contributed by atoms with Gasteiger partial charge in [-0.3, -0.25) is 4.79 Å². The molecule has 0 atom stereocenters. The third-order valence-corrected chi connectivity index (χ3v) is 2.24. The molecule has 0 aromatic carbocycles. The average Bonchev–Trinajstić information content (AvgIpc) is 2.20. The zero-order valence-electron chi connectivity index (χ0n) is 7.92. The fraction of sp³-hybridized carbons (Fsp3) is 0.667. The number of carbonyl (C=O) groups is 1. The number of hydrogen-bond donors (Lipinski definition) is 3. The fourth-order valence-electron chi connectivity index (χ4n) is 0.857. The van der Waals surface area contributed by atoms with Gasteiger partial charge in [-0.15, -0.1) is 0 Å². The number of nitrogens with one attached hydrogen (secondary N) is 1. The number of aliphatic hydroxyl groups excluding tert-OH is 2. The van der Waals surface area contributed by atoms with E-state index in [0.717, 1.165) is 6.08 Å². The topological polar surface area (TPSA) is 69.6 Å². The smallest absolute Gasteiger partial charge is 0.243 e. The molecule has 3 N–H and O–H groups in total. The lowest BCUT2D eigenvalue weighted by Gasteiger charge is -2.28. The second-order valence-electron chi connectivity index (χ2n) is 3.09. The summed E-state index contributed by atoms with van der Waals surface area (Å²) in [6.45, 7) is 5.14. The van der Waals surface area contributed by atoms with Crippen LogP contribution >= 0.6 is 0 Å². The van der Waals surface area contributed by atoms with Crippen molar-refractivity contribution in [3.05, 3.63) is 12.7 Å². The minimum Gasteiger partial charge on any atom is -0.396 e. The molecule has 0 heterocycles. The first kappa shape index (κ1) is 12.1. The maximum Gasteiger partial charge on any atom is 0.243 e. The van der Waals surface area contributed by atoms with Crippen molar-refractivity contribution in [3.8, 4) is 0 Å². The molecule has 0 unspecified atom stereocenters. The molecule has 0 aliphatic carbocycles. The van der Waals surface area contributed by atoms with Crippen LogP contribution in [0.2, 0.25) is 0 Å². The molecular weight excluding hydrogens is 170 g/mol. The Morgan fingerprint density at radius 1 is 1.54 bits per heavy atom. The molecule has 4 heteroatoms. The summed E-state index contributed by atoms with van der Waals surface area (Å²) < 4.78 is 0. The first-order valence-corrected chi connectivity index (χ1v) is 4.26. The SMILES string of the molecule is C=CC(=O)NCC(CC)(CO)CO. The van der Waals surface area contributed by atoms with Gasteiger partial charge in [-0.05, 0) is 12.5 Å². The molecule has 0 rings (SSSR count). The van der Waals surface area contributed by atoms with Crippen LogP contribution in [-0.4, -0.2) is 35.9 Å². The molecule has 4 nitrogen and oxygen atoms in total. The minimum absolute atomic E-state index is 0.141. The summed E-state index contributed by atoms with van der Waals surface area (Å²) in [4.78, 5) is 10.8. The average molecular weight is 187 g/mol. The minimum atomic E-state index is -0.612. The summed E-state index contributed by atoms with van der Waals surface area (Å²) in [6, 6.07) is 0. The van der Waals surface area contributed by atoms with Crippen molar-refractivity contribution in [1.82, 2.24) is 5.32 Å². The lowest BCUT2D eigenvalue weighted by molar-refractivity contribution is -0.117. The zero-order chi connectivity index (χ0) is 10.3. The van der Waals surface area contributed by atoms with Crippen LogP contribution in [0.15, 0.2) is 12.7 Å². The fourth-order valence-corrected chi connectivity index (χ4v) is 0.857. The van der Waals surface area contributed by atoms with Crippen LogP contribution in [0.1, 0.15) is 13.3 Å². The zero-order valence-corrected chi connectivity index (χ0v) is 7.92. The van der Waals surface area contributed by atoms with Crippen molar-refractivity contribution in [2.24, 2.45) is 5.41 Å². The predicted molar refractivity (Wildman–Crippen MR) is 50.1 cm³/mol. The Labute approximate surface area is 78.3 Å². The Balaban J connectivity index is 4.09. The van der Waals surface area contributed by atoms with Crippen LogP contribution in [0.4, 0.5) is 0 Å². The van der Waals surface area contributed by atoms with Gasteiger partial charge in [0.2, 0.25) is 5.91 Å². The molecule has 0 saturated carbocycles. The quantitative estimate of drug-likeness (QED) is 0.499. The molecule has 0 aromatic heterocycles. The van der Waals surface area contributed by atoms with Gasteiger partial charge in [0.15, 0.2) is 0 Å². The molecule has 0 saturated heterocycles. The van der Waals surface area contributed by atoms with Crippen molar-refractivity contribution in [2.45, 2.75) is 13.3 Å². The van der Waals surface area contributed by atoms with Gasteiger partial charge in [0.1, 0.15) is 0 Å². The van der Waals surface area contributed by atoms with E-state index in [0.29, 0.717) is 6.42 Å². The summed E-state index contributed by atoms with van der Waals surface area (Å²) in [5.74, 6) is -0.292. The predicted octanol–water partition coefficient (Wildman–Crippen LogP) is -0.330. The van der Waals surface area contributed by atoms with Crippen LogP contribution in [0, 0.1) is 5.41 Å². The van der Waals surface area contributed by atoms with E-state index in [1.165, 1.54) is 0 Å². The number of rotatable bonds is 6. The van der Waals surface area contributed by atoms with E-state index < -0.39 is 5.41 Å². The summed E-state index contributed by atoms with van der Waals surface area (Å²) in [5.41, 5.74) is -0.612. The molecule has 1 amide bonds. The highest BCUT2D eigenvalue weighted by molar-refractivity contribution is 5.86. The van der Waals surface area contributed by atoms with Gasteiger partial charge < -0.3 is 15.5 Å². The highest BCUT2D eigenvalue weighted by atomic mass is 16.3. The van der Waals surface area contributed by atoms with Gasteiger partial charge in [0.05, 0.1) is 13.2 Å². The van der Waals surface area contributed by atoms with Crippen molar-refractivity contribution >= 4 is 5.91 Å². The molecule has 13 heavy (non-hydrogen) atoms. The van der Waals surface area contributed by atoms with Crippen molar-refractivity contribution in [3.63, 3.8) is 0 Å². The normalized spacial score (nSPS) is 11.0. The molecule has 0 fully saturated rings. The Hall–Kier alpha value is -0.870. The van der Waals surface area contributed by atoms with Crippen LogP contribution < -0.4 is 5.32 Å². The van der Waals surface area contributed by atoms with Crippen LogP contribution in [-0.2, 0) is 4.79 Å². The van der Waals surface area contributed by atoms with Crippen LogP contribution in [0.3, 0.4) is 0 Å². The van der Waals surface area contributed by atoms with E-state index in [9.17, 15) is 4.79 Å². The Kier molecular flexibility index (Phi) is 5.34. The molecule has 0 aliphatic heterocycles. The summed E-state index contributed by atoms with van der Waals surface area (Å²) in [7, 11) is 0. The van der Waals surface area contributed by atoms with E-state index in [4.69, 9.17) is 10.2 Å². The van der Waals surface area contributed by atoms with E-state index in [1.54, 1.807) is 0 Å². The van der Waals surface area contributed by atoms with E-state index in [-0.39, 0.29) is 25.7 Å². The van der Waals surface area contributed by atoms with Crippen molar-refractivity contribution in [1.29, 1.82) is 0 Å². The first-order valence-electron chi connectivity index (χ1n) is 4.26. The number of hydrogen-bond acceptors (Lipinski definition) is 3. The molecule has 0 spiro atoms. The molecule has 0 aliphatic rings. The van der Waals surface area contributed by atoms with Crippen molar-refractivity contribution < 1.29 is 15.0 Å². The largest absolute Gasteiger partial charge is 0.396 e. The molecule has 76 valence electrons. The lowest BCUT2D eigenvalue weighted by atomic mass is 9.87. The van der Waals surface area contributed by atoms with Crippen molar-refractivity contribution in [2.75, 3.05) is 19.8 Å². The summed E-state index contributed by atoms with van der Waals surface area (Å²) in [5, 5.41) is 20.6. The highest BCUT2D eigenvalue weighted by Crippen LogP contribution is 2.18. The molecule has 0 radical (unpaired) electrons. The van der Waals surface area contributed by atoms with Gasteiger partial charge in [0, 0.05) is 12.0 Å².